The highest BCUT2D eigenvalue weighted by atomic mass is 16.1. The van der Waals surface area contributed by atoms with Crippen LogP contribution in [-0.4, -0.2) is 25.0 Å². The highest BCUT2D eigenvalue weighted by Crippen LogP contribution is 2.36. The first-order valence-electron chi connectivity index (χ1n) is 5.90. The Morgan fingerprint density at radius 1 is 1.56 bits per heavy atom. The number of nitriles is 1. The summed E-state index contributed by atoms with van der Waals surface area (Å²) >= 11 is 0. The van der Waals surface area contributed by atoms with Gasteiger partial charge >= 0.3 is 0 Å². The van der Waals surface area contributed by atoms with Crippen LogP contribution in [0.1, 0.15) is 39.5 Å². The average molecular weight is 223 g/mol. The number of amides is 1. The van der Waals surface area contributed by atoms with Crippen LogP contribution in [0.5, 0.6) is 0 Å². The van der Waals surface area contributed by atoms with Gasteiger partial charge in [0.25, 0.3) is 0 Å². The van der Waals surface area contributed by atoms with Gasteiger partial charge in [-0.15, -0.1) is 0 Å². The van der Waals surface area contributed by atoms with E-state index in [-0.39, 0.29) is 5.91 Å². The molecule has 0 saturated heterocycles. The summed E-state index contributed by atoms with van der Waals surface area (Å²) < 4.78 is 0. The van der Waals surface area contributed by atoms with Gasteiger partial charge in [-0.1, -0.05) is 13.8 Å². The van der Waals surface area contributed by atoms with Gasteiger partial charge in [-0.25, -0.2) is 0 Å². The zero-order valence-corrected chi connectivity index (χ0v) is 10.2. The summed E-state index contributed by atoms with van der Waals surface area (Å²) in [6.07, 6.45) is 3.89. The largest absolute Gasteiger partial charge is 0.354 e. The van der Waals surface area contributed by atoms with E-state index in [4.69, 9.17) is 5.26 Å². The Morgan fingerprint density at radius 3 is 2.88 bits per heavy atom. The highest BCUT2D eigenvalue weighted by Gasteiger charge is 2.30. The SMILES string of the molecule is CC1(C)CCC(NCC(=O)NCCC#N)C1. The highest BCUT2D eigenvalue weighted by molar-refractivity contribution is 5.77. The van der Waals surface area contributed by atoms with Crippen molar-refractivity contribution in [1.82, 2.24) is 10.6 Å². The molecule has 0 heterocycles. The van der Waals surface area contributed by atoms with Gasteiger partial charge in [0.15, 0.2) is 0 Å². The topological polar surface area (TPSA) is 64.9 Å². The van der Waals surface area contributed by atoms with Gasteiger partial charge in [-0.05, 0) is 24.7 Å². The lowest BCUT2D eigenvalue weighted by atomic mass is 9.92. The third-order valence-corrected chi connectivity index (χ3v) is 3.08. The molecule has 90 valence electrons. The van der Waals surface area contributed by atoms with Crippen molar-refractivity contribution in [1.29, 1.82) is 5.26 Å². The van der Waals surface area contributed by atoms with E-state index in [0.717, 1.165) is 12.8 Å². The van der Waals surface area contributed by atoms with E-state index in [0.29, 0.717) is 31.0 Å². The summed E-state index contributed by atoms with van der Waals surface area (Å²) in [5, 5.41) is 14.3. The van der Waals surface area contributed by atoms with Crippen LogP contribution in [0.3, 0.4) is 0 Å². The molecule has 1 amide bonds. The summed E-state index contributed by atoms with van der Waals surface area (Å²) in [5.74, 6) is -0.0139. The Kier molecular flexibility index (Phi) is 4.75. The molecule has 0 aliphatic heterocycles. The smallest absolute Gasteiger partial charge is 0.233 e. The van der Waals surface area contributed by atoms with Crippen LogP contribution in [0.2, 0.25) is 0 Å². The molecule has 0 aromatic heterocycles. The fourth-order valence-corrected chi connectivity index (χ4v) is 2.17. The Morgan fingerprint density at radius 2 is 2.31 bits per heavy atom. The van der Waals surface area contributed by atoms with Crippen molar-refractivity contribution in [2.45, 2.75) is 45.6 Å². The molecule has 1 unspecified atom stereocenters. The maximum Gasteiger partial charge on any atom is 0.233 e. The minimum atomic E-state index is -0.0139. The molecule has 0 aromatic rings. The predicted octanol–water partition coefficient (Wildman–Crippen LogP) is 1.18. The minimum absolute atomic E-state index is 0.0139. The second kappa shape index (κ2) is 5.86. The number of hydrogen-bond acceptors (Lipinski definition) is 3. The lowest BCUT2D eigenvalue weighted by Gasteiger charge is -2.17. The molecule has 1 aliphatic carbocycles. The molecule has 0 radical (unpaired) electrons. The van der Waals surface area contributed by atoms with Gasteiger partial charge in [0, 0.05) is 12.6 Å². The summed E-state index contributed by atoms with van der Waals surface area (Å²) in [6, 6.07) is 2.47. The van der Waals surface area contributed by atoms with Gasteiger partial charge < -0.3 is 10.6 Å². The molecule has 1 fully saturated rings. The van der Waals surface area contributed by atoms with Crippen LogP contribution in [0, 0.1) is 16.7 Å². The molecule has 1 aliphatic rings. The van der Waals surface area contributed by atoms with Crippen molar-refractivity contribution in [2.75, 3.05) is 13.1 Å². The monoisotopic (exact) mass is 223 g/mol. The molecule has 16 heavy (non-hydrogen) atoms. The second-order valence-corrected chi connectivity index (χ2v) is 5.24. The van der Waals surface area contributed by atoms with E-state index in [2.05, 4.69) is 24.5 Å². The van der Waals surface area contributed by atoms with Crippen LogP contribution in [0.25, 0.3) is 0 Å². The normalized spacial score (nSPS) is 22.7. The van der Waals surface area contributed by atoms with Crippen molar-refractivity contribution >= 4 is 5.91 Å². The van der Waals surface area contributed by atoms with E-state index in [1.54, 1.807) is 0 Å². The van der Waals surface area contributed by atoms with Crippen LogP contribution < -0.4 is 10.6 Å². The zero-order valence-electron chi connectivity index (χ0n) is 10.2. The molecule has 1 rings (SSSR count). The first-order chi connectivity index (χ1) is 7.53. The molecule has 2 N–H and O–H groups in total. The Balaban J connectivity index is 2.11. The van der Waals surface area contributed by atoms with Crippen LogP contribution in [0.15, 0.2) is 0 Å². The Hall–Kier alpha value is -1.08. The third-order valence-electron chi connectivity index (χ3n) is 3.08. The zero-order chi connectivity index (χ0) is 12.0. The first kappa shape index (κ1) is 13.0. The van der Waals surface area contributed by atoms with Crippen molar-refractivity contribution in [3.05, 3.63) is 0 Å². The number of carbonyl (C=O) groups is 1. The summed E-state index contributed by atoms with van der Waals surface area (Å²) in [7, 11) is 0. The molecular weight excluding hydrogens is 202 g/mol. The Bertz CT molecular complexity index is 280. The number of carbonyl (C=O) groups excluding carboxylic acids is 1. The predicted molar refractivity (Wildman–Crippen MR) is 62.7 cm³/mol. The molecule has 0 aromatic carbocycles. The van der Waals surface area contributed by atoms with Crippen molar-refractivity contribution in [3.63, 3.8) is 0 Å². The fraction of sp³-hybridized carbons (Fsp3) is 0.833. The molecule has 1 atom stereocenters. The van der Waals surface area contributed by atoms with Gasteiger partial charge in [0.2, 0.25) is 5.91 Å². The van der Waals surface area contributed by atoms with E-state index >= 15 is 0 Å². The van der Waals surface area contributed by atoms with Crippen molar-refractivity contribution in [3.8, 4) is 6.07 Å². The lowest BCUT2D eigenvalue weighted by Crippen LogP contribution is -2.38. The van der Waals surface area contributed by atoms with E-state index < -0.39 is 0 Å². The molecule has 4 heteroatoms. The van der Waals surface area contributed by atoms with E-state index in [1.807, 2.05) is 6.07 Å². The standard InChI is InChI=1S/C12H21N3O/c1-12(2)5-4-10(8-12)15-9-11(16)14-7-3-6-13/h10,15H,3-5,7-9H2,1-2H3,(H,14,16). The number of rotatable bonds is 5. The molecule has 0 spiro atoms. The quantitative estimate of drug-likeness (QED) is 0.688. The maximum atomic E-state index is 11.4. The third kappa shape index (κ3) is 4.63. The second-order valence-electron chi connectivity index (χ2n) is 5.24. The number of nitrogens with zero attached hydrogens (tertiary/aromatic N) is 1. The van der Waals surface area contributed by atoms with E-state index in [1.165, 1.54) is 6.42 Å². The summed E-state index contributed by atoms with van der Waals surface area (Å²) in [5.41, 5.74) is 0.412. The molecule has 0 bridgehead atoms. The molecule has 4 nitrogen and oxygen atoms in total. The Labute approximate surface area is 97.4 Å². The van der Waals surface area contributed by atoms with Gasteiger partial charge in [-0.3, -0.25) is 4.79 Å². The summed E-state index contributed by atoms with van der Waals surface area (Å²) in [4.78, 5) is 11.4. The molecular formula is C12H21N3O. The molecule has 1 saturated carbocycles. The summed E-state index contributed by atoms with van der Waals surface area (Å²) in [6.45, 7) is 5.35. The fourth-order valence-electron chi connectivity index (χ4n) is 2.17. The van der Waals surface area contributed by atoms with Gasteiger partial charge in [-0.2, -0.15) is 5.26 Å². The van der Waals surface area contributed by atoms with Crippen molar-refractivity contribution in [2.24, 2.45) is 5.41 Å². The minimum Gasteiger partial charge on any atom is -0.354 e. The van der Waals surface area contributed by atoms with Crippen LogP contribution in [-0.2, 0) is 4.79 Å². The van der Waals surface area contributed by atoms with Crippen molar-refractivity contribution < 1.29 is 4.79 Å². The first-order valence-corrected chi connectivity index (χ1v) is 5.90. The maximum absolute atomic E-state index is 11.4. The lowest BCUT2D eigenvalue weighted by molar-refractivity contribution is -0.120. The van der Waals surface area contributed by atoms with Gasteiger partial charge in [0.1, 0.15) is 0 Å². The van der Waals surface area contributed by atoms with Crippen LogP contribution >= 0.6 is 0 Å². The van der Waals surface area contributed by atoms with Crippen LogP contribution in [0.4, 0.5) is 0 Å². The average Bonchev–Trinajstić information content (AvgIpc) is 2.56. The van der Waals surface area contributed by atoms with E-state index in [9.17, 15) is 4.79 Å². The number of nitrogens with one attached hydrogen (secondary N) is 2. The number of hydrogen-bond donors (Lipinski definition) is 2. The van der Waals surface area contributed by atoms with Gasteiger partial charge in [0.05, 0.1) is 19.0 Å².